The summed E-state index contributed by atoms with van der Waals surface area (Å²) >= 11 is 1.66. The quantitative estimate of drug-likeness (QED) is 0.801. The minimum atomic E-state index is -0.797. The van der Waals surface area contributed by atoms with Gasteiger partial charge in [0.2, 0.25) is 0 Å². The molecule has 0 fully saturated rings. The van der Waals surface area contributed by atoms with Gasteiger partial charge in [0.25, 0.3) is 0 Å². The van der Waals surface area contributed by atoms with Crippen LogP contribution >= 0.6 is 11.8 Å². The fourth-order valence-corrected chi connectivity index (χ4v) is 1.82. The molecule has 3 nitrogen and oxygen atoms in total. The van der Waals surface area contributed by atoms with Crippen molar-refractivity contribution in [3.05, 3.63) is 29.8 Å². The van der Waals surface area contributed by atoms with Gasteiger partial charge in [-0.2, -0.15) is 11.8 Å². The second kappa shape index (κ2) is 6.43. The van der Waals surface area contributed by atoms with Crippen molar-refractivity contribution >= 4 is 23.4 Å². The Labute approximate surface area is 100 Å². The van der Waals surface area contributed by atoms with Crippen LogP contribution in [0.25, 0.3) is 0 Å². The molecule has 0 spiro atoms. The summed E-state index contributed by atoms with van der Waals surface area (Å²) in [6.45, 7) is 2.01. The van der Waals surface area contributed by atoms with E-state index in [9.17, 15) is 4.79 Å². The topological polar surface area (TPSA) is 49.3 Å². The van der Waals surface area contributed by atoms with Crippen LogP contribution in [-0.4, -0.2) is 29.1 Å². The lowest BCUT2D eigenvalue weighted by molar-refractivity contribution is -0.137. The summed E-state index contributed by atoms with van der Waals surface area (Å²) in [6, 6.07) is 7.25. The number of rotatable bonds is 6. The lowest BCUT2D eigenvalue weighted by Crippen LogP contribution is -2.29. The highest BCUT2D eigenvalue weighted by Gasteiger charge is 2.16. The summed E-state index contributed by atoms with van der Waals surface area (Å²) in [7, 11) is 0. The lowest BCUT2D eigenvalue weighted by atomic mass is 10.2. The molecule has 0 aliphatic carbocycles. The van der Waals surface area contributed by atoms with E-state index in [2.05, 4.69) is 5.32 Å². The lowest BCUT2D eigenvalue weighted by Gasteiger charge is -2.15. The molecule has 16 heavy (non-hydrogen) atoms. The summed E-state index contributed by atoms with van der Waals surface area (Å²) < 4.78 is 0. The van der Waals surface area contributed by atoms with Gasteiger partial charge in [-0.3, -0.25) is 0 Å². The van der Waals surface area contributed by atoms with Crippen molar-refractivity contribution < 1.29 is 9.90 Å². The number of aryl methyl sites for hydroxylation is 1. The van der Waals surface area contributed by atoms with E-state index in [1.165, 1.54) is 5.56 Å². The van der Waals surface area contributed by atoms with Crippen molar-refractivity contribution in [2.24, 2.45) is 0 Å². The van der Waals surface area contributed by atoms with Crippen molar-refractivity contribution in [2.75, 3.05) is 17.3 Å². The van der Waals surface area contributed by atoms with Gasteiger partial charge in [0, 0.05) is 5.69 Å². The van der Waals surface area contributed by atoms with E-state index in [0.29, 0.717) is 6.42 Å². The Hall–Kier alpha value is -1.16. The van der Waals surface area contributed by atoms with Gasteiger partial charge in [0.15, 0.2) is 0 Å². The van der Waals surface area contributed by atoms with Gasteiger partial charge >= 0.3 is 5.97 Å². The van der Waals surface area contributed by atoms with Crippen LogP contribution in [0.2, 0.25) is 0 Å². The van der Waals surface area contributed by atoms with Crippen molar-refractivity contribution in [1.29, 1.82) is 0 Å². The van der Waals surface area contributed by atoms with Crippen molar-refractivity contribution in [3.8, 4) is 0 Å². The Bertz CT molecular complexity index is 337. The molecule has 2 N–H and O–H groups in total. The Morgan fingerprint density at radius 2 is 2.06 bits per heavy atom. The Morgan fingerprint density at radius 3 is 2.56 bits per heavy atom. The maximum atomic E-state index is 11.0. The van der Waals surface area contributed by atoms with E-state index in [1.54, 1.807) is 11.8 Å². The standard InChI is InChI=1S/C12H17NO2S/c1-9-3-5-10(6-4-9)13-11(12(14)15)7-8-16-2/h3-6,11,13H,7-8H2,1-2H3,(H,14,15). The Morgan fingerprint density at radius 1 is 1.44 bits per heavy atom. The molecule has 1 rings (SSSR count). The van der Waals surface area contributed by atoms with E-state index in [4.69, 9.17) is 5.11 Å². The third-order valence-electron chi connectivity index (χ3n) is 2.30. The minimum Gasteiger partial charge on any atom is -0.480 e. The van der Waals surface area contributed by atoms with Crippen LogP contribution < -0.4 is 5.32 Å². The normalized spacial score (nSPS) is 12.1. The zero-order valence-electron chi connectivity index (χ0n) is 9.56. The Balaban J connectivity index is 2.60. The number of carboxylic acids is 1. The van der Waals surface area contributed by atoms with Gasteiger partial charge in [-0.05, 0) is 37.5 Å². The van der Waals surface area contributed by atoms with Crippen LogP contribution in [0.4, 0.5) is 5.69 Å². The maximum absolute atomic E-state index is 11.0. The van der Waals surface area contributed by atoms with Gasteiger partial charge in [-0.15, -0.1) is 0 Å². The molecule has 1 unspecified atom stereocenters. The molecular formula is C12H17NO2S. The summed E-state index contributed by atoms with van der Waals surface area (Å²) in [4.78, 5) is 11.0. The SMILES string of the molecule is CSCCC(Nc1ccc(C)cc1)C(=O)O. The Kier molecular flexibility index (Phi) is 5.19. The number of hydrogen-bond donors (Lipinski definition) is 2. The van der Waals surface area contributed by atoms with Crippen LogP contribution in [-0.2, 0) is 4.79 Å². The van der Waals surface area contributed by atoms with Gasteiger partial charge in [-0.1, -0.05) is 17.7 Å². The molecule has 1 atom stereocenters. The first-order valence-corrected chi connectivity index (χ1v) is 6.58. The minimum absolute atomic E-state index is 0.504. The van der Waals surface area contributed by atoms with E-state index >= 15 is 0 Å². The number of anilines is 1. The van der Waals surface area contributed by atoms with Crippen LogP contribution in [0.3, 0.4) is 0 Å². The average Bonchev–Trinajstić information content (AvgIpc) is 2.26. The number of thioether (sulfide) groups is 1. The molecule has 0 radical (unpaired) electrons. The fraction of sp³-hybridized carbons (Fsp3) is 0.417. The predicted molar refractivity (Wildman–Crippen MR) is 69.2 cm³/mol. The van der Waals surface area contributed by atoms with E-state index in [0.717, 1.165) is 11.4 Å². The van der Waals surface area contributed by atoms with Crippen LogP contribution in [0.1, 0.15) is 12.0 Å². The van der Waals surface area contributed by atoms with Gasteiger partial charge < -0.3 is 10.4 Å². The maximum Gasteiger partial charge on any atom is 0.326 e. The molecule has 0 aromatic heterocycles. The van der Waals surface area contributed by atoms with E-state index in [-0.39, 0.29) is 0 Å². The van der Waals surface area contributed by atoms with Crippen molar-refractivity contribution in [2.45, 2.75) is 19.4 Å². The molecule has 0 aliphatic rings. The molecule has 1 aromatic rings. The molecule has 0 aliphatic heterocycles. The zero-order valence-corrected chi connectivity index (χ0v) is 10.4. The van der Waals surface area contributed by atoms with Crippen LogP contribution in [0.5, 0.6) is 0 Å². The second-order valence-corrected chi connectivity index (χ2v) is 4.67. The van der Waals surface area contributed by atoms with Gasteiger partial charge in [0.1, 0.15) is 6.04 Å². The molecule has 4 heteroatoms. The van der Waals surface area contributed by atoms with E-state index in [1.807, 2.05) is 37.4 Å². The average molecular weight is 239 g/mol. The number of carboxylic acid groups (broad SMARTS) is 1. The largest absolute Gasteiger partial charge is 0.480 e. The molecule has 88 valence electrons. The monoisotopic (exact) mass is 239 g/mol. The molecule has 0 bridgehead atoms. The number of hydrogen-bond acceptors (Lipinski definition) is 3. The summed E-state index contributed by atoms with van der Waals surface area (Å²) in [5, 5.41) is 12.1. The molecule has 0 saturated heterocycles. The summed E-state index contributed by atoms with van der Waals surface area (Å²) in [6.07, 6.45) is 2.61. The number of benzene rings is 1. The fourth-order valence-electron chi connectivity index (χ4n) is 1.34. The van der Waals surface area contributed by atoms with Crippen molar-refractivity contribution in [3.63, 3.8) is 0 Å². The summed E-state index contributed by atoms with van der Waals surface area (Å²) in [5.41, 5.74) is 2.03. The molecular weight excluding hydrogens is 222 g/mol. The molecule has 0 saturated carbocycles. The smallest absolute Gasteiger partial charge is 0.326 e. The number of carbonyl (C=O) groups is 1. The van der Waals surface area contributed by atoms with E-state index < -0.39 is 12.0 Å². The van der Waals surface area contributed by atoms with Crippen LogP contribution in [0.15, 0.2) is 24.3 Å². The highest BCUT2D eigenvalue weighted by atomic mass is 32.2. The first-order valence-electron chi connectivity index (χ1n) is 5.18. The third kappa shape index (κ3) is 4.14. The molecule has 0 heterocycles. The number of aliphatic carboxylic acids is 1. The van der Waals surface area contributed by atoms with Gasteiger partial charge in [0.05, 0.1) is 0 Å². The van der Waals surface area contributed by atoms with Crippen LogP contribution in [0, 0.1) is 6.92 Å². The highest BCUT2D eigenvalue weighted by Crippen LogP contribution is 2.12. The zero-order chi connectivity index (χ0) is 12.0. The van der Waals surface area contributed by atoms with Gasteiger partial charge in [-0.25, -0.2) is 4.79 Å². The molecule has 1 aromatic carbocycles. The predicted octanol–water partition coefficient (Wildman–Crippen LogP) is 2.61. The first-order chi connectivity index (χ1) is 7.63. The van der Waals surface area contributed by atoms with Crippen molar-refractivity contribution in [1.82, 2.24) is 0 Å². The molecule has 0 amide bonds. The number of nitrogens with one attached hydrogen (secondary N) is 1. The summed E-state index contributed by atoms with van der Waals surface area (Å²) in [5.74, 6) is 0.0464. The first kappa shape index (κ1) is 12.9. The highest BCUT2D eigenvalue weighted by molar-refractivity contribution is 7.98. The third-order valence-corrected chi connectivity index (χ3v) is 2.95. The second-order valence-electron chi connectivity index (χ2n) is 3.68.